The minimum atomic E-state index is -4.92. The van der Waals surface area contributed by atoms with Gasteiger partial charge in [-0.1, -0.05) is 11.3 Å². The Morgan fingerprint density at radius 1 is 1.44 bits per heavy atom. The Morgan fingerprint density at radius 2 is 2.17 bits per heavy atom. The molecule has 1 N–H and O–H groups in total. The lowest BCUT2D eigenvalue weighted by molar-refractivity contribution is -0.167. The summed E-state index contributed by atoms with van der Waals surface area (Å²) >= 11 is 0.962. The maximum absolute atomic E-state index is 12.1. The van der Waals surface area contributed by atoms with Crippen LogP contribution in [0.15, 0.2) is 18.2 Å². The van der Waals surface area contributed by atoms with E-state index in [2.05, 4.69) is 4.98 Å². The second-order valence-corrected chi connectivity index (χ2v) is 4.34. The molecule has 0 spiro atoms. The van der Waals surface area contributed by atoms with Gasteiger partial charge in [-0.2, -0.15) is 13.2 Å². The van der Waals surface area contributed by atoms with Crippen LogP contribution in [0, 0.1) is 0 Å². The van der Waals surface area contributed by atoms with E-state index in [1.165, 1.54) is 7.11 Å². The van der Waals surface area contributed by atoms with Crippen molar-refractivity contribution in [3.05, 3.63) is 18.2 Å². The lowest BCUT2D eigenvalue weighted by Gasteiger charge is -2.03. The molecule has 96 valence electrons. The Bertz CT molecular complexity index is 594. The van der Waals surface area contributed by atoms with Crippen LogP contribution in [-0.2, 0) is 4.79 Å². The van der Waals surface area contributed by atoms with E-state index < -0.39 is 12.1 Å². The molecule has 0 aliphatic heterocycles. The van der Waals surface area contributed by atoms with Gasteiger partial charge in [0.15, 0.2) is 5.13 Å². The van der Waals surface area contributed by atoms with Gasteiger partial charge in [-0.15, -0.1) is 0 Å². The number of hydrogen-bond acceptors (Lipinski definition) is 4. The summed E-state index contributed by atoms with van der Waals surface area (Å²) < 4.78 is 41.8. The van der Waals surface area contributed by atoms with Crippen LogP contribution in [0.3, 0.4) is 0 Å². The summed E-state index contributed by atoms with van der Waals surface area (Å²) in [4.78, 5) is 14.6. The van der Waals surface area contributed by atoms with Gasteiger partial charge in [0.2, 0.25) is 0 Å². The maximum atomic E-state index is 12.1. The molecule has 1 heterocycles. The highest BCUT2D eigenvalue weighted by Gasteiger charge is 2.39. The highest BCUT2D eigenvalue weighted by Crippen LogP contribution is 2.29. The number of nitrogens with zero attached hydrogens (tertiary/aromatic N) is 1. The number of halogens is 3. The fourth-order valence-corrected chi connectivity index (χ4v) is 2.10. The number of anilines is 1. The van der Waals surface area contributed by atoms with Crippen molar-refractivity contribution in [2.45, 2.75) is 6.18 Å². The molecule has 2 rings (SSSR count). The average molecular weight is 276 g/mol. The number of aromatic nitrogens is 1. The SMILES string of the molecule is COc1ccc2sc(NC(=O)C(F)(F)F)nc2c1. The van der Waals surface area contributed by atoms with Gasteiger partial charge >= 0.3 is 12.1 Å². The summed E-state index contributed by atoms with van der Waals surface area (Å²) in [5, 5.41) is 1.61. The Morgan fingerprint density at radius 3 is 2.78 bits per heavy atom. The molecule has 0 atom stereocenters. The van der Waals surface area contributed by atoms with E-state index in [1.807, 2.05) is 0 Å². The fraction of sp³-hybridized carbons (Fsp3) is 0.200. The predicted octanol–water partition coefficient (Wildman–Crippen LogP) is 2.81. The number of fused-ring (bicyclic) bond motifs is 1. The number of rotatable bonds is 2. The highest BCUT2D eigenvalue weighted by atomic mass is 32.1. The summed E-state index contributed by atoms with van der Waals surface area (Å²) in [5.74, 6) is -1.49. The zero-order valence-electron chi connectivity index (χ0n) is 9.04. The number of amides is 1. The van der Waals surface area contributed by atoms with Gasteiger partial charge in [-0.25, -0.2) is 4.98 Å². The lowest BCUT2D eigenvalue weighted by atomic mass is 10.3. The smallest absolute Gasteiger partial charge is 0.471 e. The number of methoxy groups -OCH3 is 1. The number of thiazole rings is 1. The van der Waals surface area contributed by atoms with E-state index >= 15 is 0 Å². The number of ether oxygens (including phenoxy) is 1. The Kier molecular flexibility index (Phi) is 3.12. The third-order valence-electron chi connectivity index (χ3n) is 2.07. The van der Waals surface area contributed by atoms with E-state index in [-0.39, 0.29) is 5.13 Å². The number of carbonyl (C=O) groups excluding carboxylic acids is 1. The molecule has 0 aliphatic rings. The molecule has 2 aromatic rings. The summed E-state index contributed by atoms with van der Waals surface area (Å²) in [7, 11) is 1.47. The molecule has 1 aromatic carbocycles. The second-order valence-electron chi connectivity index (χ2n) is 3.30. The largest absolute Gasteiger partial charge is 0.497 e. The molecule has 0 saturated heterocycles. The van der Waals surface area contributed by atoms with Crippen molar-refractivity contribution >= 4 is 32.6 Å². The second kappa shape index (κ2) is 4.45. The molecule has 4 nitrogen and oxygen atoms in total. The minimum absolute atomic E-state index is 0.0967. The number of hydrogen-bond donors (Lipinski definition) is 1. The van der Waals surface area contributed by atoms with Gasteiger partial charge in [0.1, 0.15) is 5.75 Å². The van der Waals surface area contributed by atoms with E-state index in [0.29, 0.717) is 16.0 Å². The quantitative estimate of drug-likeness (QED) is 0.917. The van der Waals surface area contributed by atoms with Crippen molar-refractivity contribution < 1.29 is 22.7 Å². The van der Waals surface area contributed by atoms with Crippen molar-refractivity contribution in [2.24, 2.45) is 0 Å². The summed E-state index contributed by atoms with van der Waals surface area (Å²) in [6.07, 6.45) is -4.92. The molecule has 18 heavy (non-hydrogen) atoms. The van der Waals surface area contributed by atoms with Crippen molar-refractivity contribution in [1.82, 2.24) is 4.98 Å². The van der Waals surface area contributed by atoms with Crippen molar-refractivity contribution in [2.75, 3.05) is 12.4 Å². The van der Waals surface area contributed by atoms with Crippen molar-refractivity contribution in [1.29, 1.82) is 0 Å². The van der Waals surface area contributed by atoms with Crippen LogP contribution < -0.4 is 10.1 Å². The third kappa shape index (κ3) is 2.53. The molecule has 0 aliphatic carbocycles. The minimum Gasteiger partial charge on any atom is -0.497 e. The Labute approximate surface area is 103 Å². The number of benzene rings is 1. The molecule has 0 saturated carbocycles. The van der Waals surface area contributed by atoms with Crippen LogP contribution in [-0.4, -0.2) is 24.2 Å². The van der Waals surface area contributed by atoms with E-state index in [0.717, 1.165) is 11.3 Å². The zero-order valence-corrected chi connectivity index (χ0v) is 9.85. The first-order chi connectivity index (χ1) is 8.40. The van der Waals surface area contributed by atoms with Crippen LogP contribution >= 0.6 is 11.3 Å². The number of carbonyl (C=O) groups is 1. The van der Waals surface area contributed by atoms with Crippen LogP contribution in [0.1, 0.15) is 0 Å². The maximum Gasteiger partial charge on any atom is 0.471 e. The molecule has 0 unspecified atom stereocenters. The summed E-state index contributed by atoms with van der Waals surface area (Å²) in [6.45, 7) is 0. The van der Waals surface area contributed by atoms with E-state index in [4.69, 9.17) is 4.74 Å². The number of alkyl halides is 3. The molecular formula is C10H7F3N2O2S. The first-order valence-corrected chi connectivity index (χ1v) is 5.54. The van der Waals surface area contributed by atoms with Gasteiger partial charge < -0.3 is 4.74 Å². The molecule has 0 fully saturated rings. The third-order valence-corrected chi connectivity index (χ3v) is 3.02. The first-order valence-electron chi connectivity index (χ1n) is 4.73. The van der Waals surface area contributed by atoms with Crippen LogP contribution in [0.5, 0.6) is 5.75 Å². The molecular weight excluding hydrogens is 269 g/mol. The normalized spacial score (nSPS) is 11.6. The van der Waals surface area contributed by atoms with Crippen LogP contribution in [0.2, 0.25) is 0 Å². The van der Waals surface area contributed by atoms with Crippen LogP contribution in [0.25, 0.3) is 10.2 Å². The Hall–Kier alpha value is -1.83. The molecule has 1 amide bonds. The van der Waals surface area contributed by atoms with E-state index in [9.17, 15) is 18.0 Å². The van der Waals surface area contributed by atoms with Gasteiger partial charge in [-0.3, -0.25) is 10.1 Å². The van der Waals surface area contributed by atoms with Gasteiger partial charge in [0, 0.05) is 6.07 Å². The zero-order chi connectivity index (χ0) is 13.3. The van der Waals surface area contributed by atoms with Gasteiger partial charge in [0.05, 0.1) is 17.3 Å². The first kappa shape index (κ1) is 12.6. The molecule has 8 heteroatoms. The topological polar surface area (TPSA) is 51.2 Å². The Balaban J connectivity index is 2.28. The summed E-state index contributed by atoms with van der Waals surface area (Å²) in [5.41, 5.74) is 0.469. The summed E-state index contributed by atoms with van der Waals surface area (Å²) in [6, 6.07) is 4.90. The van der Waals surface area contributed by atoms with Crippen LogP contribution in [0.4, 0.5) is 18.3 Å². The van der Waals surface area contributed by atoms with Gasteiger partial charge in [-0.05, 0) is 12.1 Å². The highest BCUT2D eigenvalue weighted by molar-refractivity contribution is 7.22. The molecule has 0 radical (unpaired) electrons. The average Bonchev–Trinajstić information content (AvgIpc) is 2.68. The van der Waals surface area contributed by atoms with Crippen molar-refractivity contribution in [3.63, 3.8) is 0 Å². The lowest BCUT2D eigenvalue weighted by Crippen LogP contribution is -2.29. The molecule has 1 aromatic heterocycles. The van der Waals surface area contributed by atoms with Crippen molar-refractivity contribution in [3.8, 4) is 5.75 Å². The fourth-order valence-electron chi connectivity index (χ4n) is 1.26. The molecule has 0 bridgehead atoms. The number of nitrogens with one attached hydrogen (secondary N) is 1. The monoisotopic (exact) mass is 276 g/mol. The van der Waals surface area contributed by atoms with E-state index in [1.54, 1.807) is 23.5 Å². The van der Waals surface area contributed by atoms with Gasteiger partial charge in [0.25, 0.3) is 0 Å². The standard InChI is InChI=1S/C10H7F3N2O2S/c1-17-5-2-3-7-6(4-5)14-9(18-7)15-8(16)10(11,12)13/h2-4H,1H3,(H,14,15,16). The predicted molar refractivity (Wildman–Crippen MR) is 60.9 cm³/mol.